The highest BCUT2D eigenvalue weighted by Crippen LogP contribution is 2.13. The second kappa shape index (κ2) is 8.34. The molecular weight excluding hydrogens is 312 g/mol. The van der Waals surface area contributed by atoms with Crippen molar-refractivity contribution in [3.8, 4) is 0 Å². The summed E-state index contributed by atoms with van der Waals surface area (Å²) in [7, 11) is 1.61. The van der Waals surface area contributed by atoms with Crippen molar-refractivity contribution < 1.29 is 9.59 Å². The summed E-state index contributed by atoms with van der Waals surface area (Å²) in [6, 6.07) is 14.8. The number of halogens is 1. The summed E-state index contributed by atoms with van der Waals surface area (Å²) in [6.07, 6.45) is 1.40. The predicted molar refractivity (Wildman–Crippen MR) is 92.6 cm³/mol. The van der Waals surface area contributed by atoms with Gasteiger partial charge in [-0.2, -0.15) is 0 Å². The molecule has 0 aliphatic rings. The van der Waals surface area contributed by atoms with Crippen LogP contribution in [0.1, 0.15) is 17.5 Å². The van der Waals surface area contributed by atoms with Crippen molar-refractivity contribution in [3.63, 3.8) is 0 Å². The molecule has 0 aliphatic heterocycles. The Hall–Kier alpha value is -2.33. The molecule has 23 heavy (non-hydrogen) atoms. The Balaban J connectivity index is 1.82. The number of hydrogen-bond acceptors (Lipinski definition) is 2. The van der Waals surface area contributed by atoms with E-state index in [1.807, 2.05) is 36.4 Å². The highest BCUT2D eigenvalue weighted by atomic mass is 35.5. The maximum Gasteiger partial charge on any atom is 0.224 e. The molecule has 2 N–H and O–H groups in total. The molecule has 0 heterocycles. The lowest BCUT2D eigenvalue weighted by Gasteiger charge is -2.07. The van der Waals surface area contributed by atoms with Crippen LogP contribution in [0.4, 0.5) is 5.69 Å². The average Bonchev–Trinajstić information content (AvgIpc) is 2.56. The van der Waals surface area contributed by atoms with E-state index in [0.29, 0.717) is 24.3 Å². The highest BCUT2D eigenvalue weighted by Gasteiger charge is 2.05. The van der Waals surface area contributed by atoms with Gasteiger partial charge in [0.1, 0.15) is 0 Å². The van der Waals surface area contributed by atoms with E-state index >= 15 is 0 Å². The van der Waals surface area contributed by atoms with E-state index < -0.39 is 0 Å². The number of hydrogen-bond donors (Lipinski definition) is 2. The van der Waals surface area contributed by atoms with Gasteiger partial charge >= 0.3 is 0 Å². The Bertz CT molecular complexity index is 666. The van der Waals surface area contributed by atoms with E-state index in [0.717, 1.165) is 16.8 Å². The van der Waals surface area contributed by atoms with Crippen LogP contribution < -0.4 is 10.6 Å². The van der Waals surface area contributed by atoms with E-state index in [2.05, 4.69) is 10.6 Å². The van der Waals surface area contributed by atoms with Gasteiger partial charge in [-0.3, -0.25) is 9.59 Å². The van der Waals surface area contributed by atoms with Gasteiger partial charge in [-0.05, 0) is 41.8 Å². The zero-order valence-electron chi connectivity index (χ0n) is 12.9. The predicted octanol–water partition coefficient (Wildman–Crippen LogP) is 3.20. The summed E-state index contributed by atoms with van der Waals surface area (Å²) < 4.78 is 0. The van der Waals surface area contributed by atoms with Crippen LogP contribution in [0.3, 0.4) is 0 Å². The topological polar surface area (TPSA) is 58.2 Å². The van der Waals surface area contributed by atoms with Gasteiger partial charge in [0.05, 0.1) is 6.42 Å². The lowest BCUT2D eigenvalue weighted by atomic mass is 10.1. The van der Waals surface area contributed by atoms with Crippen LogP contribution in [0.2, 0.25) is 5.02 Å². The van der Waals surface area contributed by atoms with E-state index in [-0.39, 0.29) is 11.8 Å². The Kier molecular flexibility index (Phi) is 6.18. The van der Waals surface area contributed by atoms with E-state index in [1.165, 1.54) is 0 Å². The molecule has 0 aromatic heterocycles. The van der Waals surface area contributed by atoms with Crippen LogP contribution in [-0.2, 0) is 22.4 Å². The van der Waals surface area contributed by atoms with Gasteiger partial charge in [-0.15, -0.1) is 0 Å². The zero-order chi connectivity index (χ0) is 16.7. The summed E-state index contributed by atoms with van der Waals surface area (Å²) in [5.74, 6) is -0.0799. The third-order valence-electron chi connectivity index (χ3n) is 3.44. The summed E-state index contributed by atoms with van der Waals surface area (Å²) in [4.78, 5) is 23.3. The first-order chi connectivity index (χ1) is 11.1. The van der Waals surface area contributed by atoms with Crippen LogP contribution >= 0.6 is 11.6 Å². The summed E-state index contributed by atoms with van der Waals surface area (Å²) >= 11 is 5.83. The maximum atomic E-state index is 12.0. The van der Waals surface area contributed by atoms with Crippen molar-refractivity contribution in [2.75, 3.05) is 12.4 Å². The zero-order valence-corrected chi connectivity index (χ0v) is 13.7. The number of rotatable bonds is 6. The van der Waals surface area contributed by atoms with Crippen LogP contribution in [0.25, 0.3) is 0 Å². The molecule has 0 aliphatic carbocycles. The molecule has 5 heteroatoms. The standard InChI is InChI=1S/C18H19ClN2O2/c1-20-18(23)12-14-4-9-16(10-5-14)21-17(22)11-6-13-2-7-15(19)8-3-13/h2-5,7-10H,6,11-12H2,1H3,(H,20,23)(H,21,22). The van der Waals surface area contributed by atoms with Gasteiger partial charge in [-0.1, -0.05) is 35.9 Å². The molecule has 0 fully saturated rings. The van der Waals surface area contributed by atoms with Gasteiger partial charge in [0.25, 0.3) is 0 Å². The SMILES string of the molecule is CNC(=O)Cc1ccc(NC(=O)CCc2ccc(Cl)cc2)cc1. The molecule has 2 amide bonds. The molecule has 0 saturated carbocycles. The lowest BCUT2D eigenvalue weighted by Crippen LogP contribution is -2.19. The number of amides is 2. The van der Waals surface area contributed by atoms with Crippen LogP contribution in [0, 0.1) is 0 Å². The lowest BCUT2D eigenvalue weighted by molar-refractivity contribution is -0.120. The minimum atomic E-state index is -0.0426. The Labute approximate surface area is 140 Å². The van der Waals surface area contributed by atoms with Crippen LogP contribution in [0.15, 0.2) is 48.5 Å². The molecule has 0 saturated heterocycles. The Morgan fingerprint density at radius 3 is 2.13 bits per heavy atom. The normalized spacial score (nSPS) is 10.2. The van der Waals surface area contributed by atoms with Gasteiger partial charge in [-0.25, -0.2) is 0 Å². The molecular formula is C18H19ClN2O2. The maximum absolute atomic E-state index is 12.0. The molecule has 4 nitrogen and oxygen atoms in total. The first-order valence-corrected chi connectivity index (χ1v) is 7.78. The van der Waals surface area contributed by atoms with E-state index in [9.17, 15) is 9.59 Å². The molecule has 2 aromatic carbocycles. The average molecular weight is 331 g/mol. The number of carbonyl (C=O) groups excluding carboxylic acids is 2. The first-order valence-electron chi connectivity index (χ1n) is 7.40. The van der Waals surface area contributed by atoms with Crippen LogP contribution in [0.5, 0.6) is 0 Å². The number of benzene rings is 2. The van der Waals surface area contributed by atoms with Crippen LogP contribution in [-0.4, -0.2) is 18.9 Å². The third-order valence-corrected chi connectivity index (χ3v) is 3.69. The van der Waals surface area contributed by atoms with Crippen molar-refractivity contribution in [3.05, 3.63) is 64.7 Å². The second-order valence-electron chi connectivity index (χ2n) is 5.22. The monoisotopic (exact) mass is 330 g/mol. The second-order valence-corrected chi connectivity index (χ2v) is 5.66. The number of nitrogens with one attached hydrogen (secondary N) is 2. The molecule has 0 spiro atoms. The number of aryl methyl sites for hydroxylation is 1. The molecule has 0 radical (unpaired) electrons. The molecule has 120 valence electrons. The number of likely N-dealkylation sites (N-methyl/N-ethyl adjacent to an activating group) is 1. The highest BCUT2D eigenvalue weighted by molar-refractivity contribution is 6.30. The minimum Gasteiger partial charge on any atom is -0.359 e. The van der Waals surface area contributed by atoms with E-state index in [4.69, 9.17) is 11.6 Å². The minimum absolute atomic E-state index is 0.0373. The fourth-order valence-electron chi connectivity index (χ4n) is 2.11. The van der Waals surface area contributed by atoms with Crippen molar-refractivity contribution in [1.82, 2.24) is 5.32 Å². The third kappa shape index (κ3) is 5.75. The summed E-state index contributed by atoms with van der Waals surface area (Å²) in [5, 5.41) is 6.12. The Morgan fingerprint density at radius 2 is 1.52 bits per heavy atom. The number of carbonyl (C=O) groups is 2. The largest absolute Gasteiger partial charge is 0.359 e. The quantitative estimate of drug-likeness (QED) is 0.854. The smallest absolute Gasteiger partial charge is 0.224 e. The Morgan fingerprint density at radius 1 is 0.913 bits per heavy atom. The number of anilines is 1. The summed E-state index contributed by atoms with van der Waals surface area (Å²) in [5.41, 5.74) is 2.71. The molecule has 0 atom stereocenters. The van der Waals surface area contributed by atoms with Gasteiger partial charge in [0.15, 0.2) is 0 Å². The molecule has 0 unspecified atom stereocenters. The molecule has 0 bridgehead atoms. The van der Waals surface area contributed by atoms with Gasteiger partial charge in [0.2, 0.25) is 11.8 Å². The molecule has 2 rings (SSSR count). The fourth-order valence-corrected chi connectivity index (χ4v) is 2.24. The van der Waals surface area contributed by atoms with Gasteiger partial charge in [0, 0.05) is 24.2 Å². The summed E-state index contributed by atoms with van der Waals surface area (Å²) in [6.45, 7) is 0. The molecule has 2 aromatic rings. The van der Waals surface area contributed by atoms with Crippen molar-refractivity contribution in [2.24, 2.45) is 0 Å². The fraction of sp³-hybridized carbons (Fsp3) is 0.222. The van der Waals surface area contributed by atoms with Gasteiger partial charge < -0.3 is 10.6 Å². The van der Waals surface area contributed by atoms with Crippen molar-refractivity contribution in [1.29, 1.82) is 0 Å². The van der Waals surface area contributed by atoms with Crippen molar-refractivity contribution >= 4 is 29.1 Å². The first kappa shape index (κ1) is 17.0. The van der Waals surface area contributed by atoms with Crippen molar-refractivity contribution in [2.45, 2.75) is 19.3 Å². The van der Waals surface area contributed by atoms with E-state index in [1.54, 1.807) is 19.2 Å².